The Morgan fingerprint density at radius 3 is 2.92 bits per heavy atom. The van der Waals surface area contributed by atoms with Gasteiger partial charge in [-0.2, -0.15) is 20.5 Å². The fraction of sp³-hybridized carbons (Fsp3) is 0.308. The zero-order valence-electron chi connectivity index (χ0n) is 12.3. The van der Waals surface area contributed by atoms with E-state index in [1.807, 2.05) is 6.26 Å². The first-order valence-corrected chi connectivity index (χ1v) is 9.22. The summed E-state index contributed by atoms with van der Waals surface area (Å²) in [6.45, 7) is -2.97. The summed E-state index contributed by atoms with van der Waals surface area (Å²) in [5.41, 5.74) is 0.362. The summed E-state index contributed by atoms with van der Waals surface area (Å²) in [6, 6.07) is 3.99. The van der Waals surface area contributed by atoms with Crippen molar-refractivity contribution in [2.75, 3.05) is 17.3 Å². The molecule has 1 aromatic heterocycles. The van der Waals surface area contributed by atoms with Crippen molar-refractivity contribution in [3.63, 3.8) is 0 Å². The lowest BCUT2D eigenvalue weighted by Crippen LogP contribution is -2.14. The van der Waals surface area contributed by atoms with E-state index in [-0.39, 0.29) is 22.4 Å². The van der Waals surface area contributed by atoms with E-state index in [1.54, 1.807) is 11.8 Å². The number of hydrogen-bond acceptors (Lipinski definition) is 7. The minimum absolute atomic E-state index is 0.0284. The molecule has 0 aliphatic carbocycles. The summed E-state index contributed by atoms with van der Waals surface area (Å²) in [7, 11) is 0. The van der Waals surface area contributed by atoms with E-state index >= 15 is 0 Å². The molecule has 11 heteroatoms. The third kappa shape index (κ3) is 5.84. The number of ether oxygens (including phenoxy) is 1. The second-order valence-corrected chi connectivity index (χ2v) is 6.46. The third-order valence-electron chi connectivity index (χ3n) is 2.47. The summed E-state index contributed by atoms with van der Waals surface area (Å²) in [5.74, 6) is 0.653. The Morgan fingerprint density at radius 1 is 1.46 bits per heavy atom. The first kappa shape index (κ1) is 18.8. The van der Waals surface area contributed by atoms with E-state index in [4.69, 9.17) is 16.0 Å². The molecule has 0 bridgehead atoms. The molecule has 0 atom stereocenters. The normalized spacial score (nSPS) is 10.9. The van der Waals surface area contributed by atoms with Crippen molar-refractivity contribution in [2.45, 2.75) is 17.6 Å². The van der Waals surface area contributed by atoms with Gasteiger partial charge in [0.05, 0.1) is 16.5 Å². The molecule has 130 valence electrons. The lowest BCUT2D eigenvalue weighted by atomic mass is 10.3. The van der Waals surface area contributed by atoms with Gasteiger partial charge in [-0.15, -0.1) is 10.2 Å². The fourth-order valence-electron chi connectivity index (χ4n) is 1.57. The van der Waals surface area contributed by atoms with Gasteiger partial charge in [0.25, 0.3) is 5.22 Å². The summed E-state index contributed by atoms with van der Waals surface area (Å²) in [5, 5.41) is 10.5. The van der Waals surface area contributed by atoms with Crippen LogP contribution >= 0.6 is 35.1 Å². The monoisotopic (exact) mass is 395 g/mol. The Morgan fingerprint density at radius 2 is 2.25 bits per heavy atom. The molecule has 1 N–H and O–H groups in total. The van der Waals surface area contributed by atoms with Gasteiger partial charge in [-0.25, -0.2) is 0 Å². The molecule has 1 aromatic carbocycles. The minimum Gasteiger partial charge on any atom is -0.433 e. The van der Waals surface area contributed by atoms with Gasteiger partial charge in [0.15, 0.2) is 0 Å². The lowest BCUT2D eigenvalue weighted by molar-refractivity contribution is -0.113. The van der Waals surface area contributed by atoms with Crippen molar-refractivity contribution in [3.8, 4) is 5.75 Å². The fourth-order valence-corrected chi connectivity index (χ4v) is 2.74. The predicted octanol–water partition coefficient (Wildman–Crippen LogP) is 3.92. The van der Waals surface area contributed by atoms with Crippen LogP contribution in [0.1, 0.15) is 5.89 Å². The van der Waals surface area contributed by atoms with Crippen LogP contribution in [-0.4, -0.2) is 34.7 Å². The Bertz CT molecular complexity index is 703. The third-order valence-corrected chi connectivity index (χ3v) is 4.12. The number of halogens is 3. The van der Waals surface area contributed by atoms with Crippen LogP contribution in [0.3, 0.4) is 0 Å². The van der Waals surface area contributed by atoms with E-state index in [9.17, 15) is 13.6 Å². The Hall–Kier alpha value is -1.52. The van der Waals surface area contributed by atoms with E-state index in [0.717, 1.165) is 11.8 Å². The van der Waals surface area contributed by atoms with Crippen LogP contribution in [-0.2, 0) is 10.5 Å². The van der Waals surface area contributed by atoms with Gasteiger partial charge in [-0.05, 0) is 24.5 Å². The largest absolute Gasteiger partial charge is 0.433 e. The minimum atomic E-state index is -2.97. The van der Waals surface area contributed by atoms with Crippen LogP contribution in [0.25, 0.3) is 0 Å². The number of alkyl halides is 2. The maximum Gasteiger partial charge on any atom is 0.387 e. The molecule has 0 aliphatic heterocycles. The van der Waals surface area contributed by atoms with Gasteiger partial charge in [0.1, 0.15) is 5.75 Å². The maximum atomic E-state index is 12.1. The SMILES string of the molecule is CSCc1nnc(SCC(=O)Nc2ccc(OC(F)F)c(Cl)c2)o1. The number of rotatable bonds is 8. The molecule has 0 saturated heterocycles. The highest BCUT2D eigenvalue weighted by Gasteiger charge is 2.12. The molecule has 0 unspecified atom stereocenters. The van der Waals surface area contributed by atoms with Gasteiger partial charge in [-0.3, -0.25) is 4.79 Å². The first-order valence-electron chi connectivity index (χ1n) is 6.46. The molecule has 6 nitrogen and oxygen atoms in total. The number of nitrogens with zero attached hydrogens (tertiary/aromatic N) is 2. The molecular weight excluding hydrogens is 384 g/mol. The van der Waals surface area contributed by atoms with Gasteiger partial charge in [0, 0.05) is 5.69 Å². The maximum absolute atomic E-state index is 12.1. The Balaban J connectivity index is 1.86. The zero-order chi connectivity index (χ0) is 17.5. The number of benzene rings is 1. The Labute approximate surface area is 149 Å². The predicted molar refractivity (Wildman–Crippen MR) is 89.0 cm³/mol. The summed E-state index contributed by atoms with van der Waals surface area (Å²) in [4.78, 5) is 11.9. The number of aromatic nitrogens is 2. The van der Waals surface area contributed by atoms with Gasteiger partial charge < -0.3 is 14.5 Å². The molecule has 24 heavy (non-hydrogen) atoms. The Kier molecular flexibility index (Phi) is 7.13. The molecule has 1 amide bonds. The van der Waals surface area contributed by atoms with Crippen LogP contribution in [0.15, 0.2) is 27.8 Å². The highest BCUT2D eigenvalue weighted by Crippen LogP contribution is 2.29. The highest BCUT2D eigenvalue weighted by atomic mass is 35.5. The smallest absolute Gasteiger partial charge is 0.387 e. The van der Waals surface area contributed by atoms with Gasteiger partial charge >= 0.3 is 6.61 Å². The van der Waals surface area contributed by atoms with Gasteiger partial charge in [0.2, 0.25) is 11.8 Å². The molecule has 0 spiro atoms. The van der Waals surface area contributed by atoms with Crippen LogP contribution < -0.4 is 10.1 Å². The number of carbonyl (C=O) groups is 1. The molecular formula is C13H12ClF2N3O3S2. The van der Waals surface area contributed by atoms with Crippen molar-refractivity contribution in [3.05, 3.63) is 29.1 Å². The van der Waals surface area contributed by atoms with E-state index < -0.39 is 6.61 Å². The van der Waals surface area contributed by atoms with E-state index in [0.29, 0.717) is 22.6 Å². The molecule has 2 aromatic rings. The van der Waals surface area contributed by atoms with Crippen molar-refractivity contribution < 1.29 is 22.7 Å². The number of nitrogens with one attached hydrogen (secondary N) is 1. The average Bonchev–Trinajstić information content (AvgIpc) is 2.96. The summed E-state index contributed by atoms with van der Waals surface area (Å²) >= 11 is 8.45. The molecule has 0 fully saturated rings. The van der Waals surface area contributed by atoms with Crippen LogP contribution in [0.5, 0.6) is 5.75 Å². The first-order chi connectivity index (χ1) is 11.5. The number of amides is 1. The van der Waals surface area contributed by atoms with Crippen molar-refractivity contribution >= 4 is 46.7 Å². The van der Waals surface area contributed by atoms with Crippen LogP contribution in [0.4, 0.5) is 14.5 Å². The summed E-state index contributed by atoms with van der Waals surface area (Å²) in [6.07, 6.45) is 1.91. The number of thioether (sulfide) groups is 2. The molecule has 2 rings (SSSR count). The standard InChI is InChI=1S/C13H12ClF2N3O3S2/c1-23-6-11-18-19-13(22-11)24-5-10(20)17-7-2-3-9(8(14)4-7)21-12(15)16/h2-4,12H,5-6H2,1H3,(H,17,20). The quantitative estimate of drug-likeness (QED) is 0.679. The highest BCUT2D eigenvalue weighted by molar-refractivity contribution is 7.99. The molecule has 0 radical (unpaired) electrons. The second-order valence-electron chi connectivity index (χ2n) is 4.26. The van der Waals surface area contributed by atoms with Gasteiger partial charge in [-0.1, -0.05) is 23.4 Å². The van der Waals surface area contributed by atoms with E-state index in [2.05, 4.69) is 20.3 Å². The van der Waals surface area contributed by atoms with Crippen molar-refractivity contribution in [2.24, 2.45) is 0 Å². The number of hydrogen-bond donors (Lipinski definition) is 1. The topological polar surface area (TPSA) is 77.2 Å². The second kappa shape index (κ2) is 9.09. The molecule has 0 aliphatic rings. The average molecular weight is 396 g/mol. The zero-order valence-corrected chi connectivity index (χ0v) is 14.7. The van der Waals surface area contributed by atoms with Crippen molar-refractivity contribution in [1.29, 1.82) is 0 Å². The lowest BCUT2D eigenvalue weighted by Gasteiger charge is -2.09. The van der Waals surface area contributed by atoms with Crippen LogP contribution in [0.2, 0.25) is 5.02 Å². The van der Waals surface area contributed by atoms with Crippen LogP contribution in [0, 0.1) is 0 Å². The molecule has 1 heterocycles. The number of carbonyl (C=O) groups excluding carboxylic acids is 1. The summed E-state index contributed by atoms with van der Waals surface area (Å²) < 4.78 is 33.8. The van der Waals surface area contributed by atoms with Crippen molar-refractivity contribution in [1.82, 2.24) is 10.2 Å². The number of anilines is 1. The van der Waals surface area contributed by atoms with E-state index in [1.165, 1.54) is 18.2 Å². The molecule has 0 saturated carbocycles.